The number of nitrogens with zero attached hydrogens (tertiary/aromatic N) is 4. The van der Waals surface area contributed by atoms with Gasteiger partial charge in [0.25, 0.3) is 0 Å². The Labute approximate surface area is 107 Å². The maximum Gasteiger partial charge on any atom is 0.318 e. The first kappa shape index (κ1) is 11.9. The summed E-state index contributed by atoms with van der Waals surface area (Å²) in [4.78, 5) is 4.80. The zero-order valence-electron chi connectivity index (χ0n) is 11.1. The second kappa shape index (κ2) is 4.85. The molecule has 6 nitrogen and oxygen atoms in total. The lowest BCUT2D eigenvalue weighted by Crippen LogP contribution is -2.50. The lowest BCUT2D eigenvalue weighted by atomic mass is 10.2. The molecule has 100 valence electrons. The molecule has 1 N–H and O–H groups in total. The highest BCUT2D eigenvalue weighted by molar-refractivity contribution is 5.26. The summed E-state index contributed by atoms with van der Waals surface area (Å²) in [5.41, 5.74) is 0. The van der Waals surface area contributed by atoms with Crippen LogP contribution in [0.25, 0.3) is 0 Å². The van der Waals surface area contributed by atoms with Crippen LogP contribution in [0.2, 0.25) is 0 Å². The van der Waals surface area contributed by atoms with Gasteiger partial charge in [-0.25, -0.2) is 0 Å². The fraction of sp³-hybridized carbons (Fsp3) is 0.833. The number of aromatic nitrogens is 2. The highest BCUT2D eigenvalue weighted by atomic mass is 16.4. The number of rotatable bonds is 3. The molecular weight excluding hydrogens is 230 g/mol. The molecular formula is C12H21N5O. The summed E-state index contributed by atoms with van der Waals surface area (Å²) in [7, 11) is 1.89. The van der Waals surface area contributed by atoms with Crippen LogP contribution in [0.1, 0.15) is 31.7 Å². The van der Waals surface area contributed by atoms with Crippen LogP contribution in [0.15, 0.2) is 4.42 Å². The Morgan fingerprint density at radius 3 is 3.06 bits per heavy atom. The molecule has 0 bridgehead atoms. The van der Waals surface area contributed by atoms with Crippen LogP contribution in [-0.2, 0) is 0 Å². The monoisotopic (exact) mass is 251 g/mol. The average molecular weight is 251 g/mol. The Balaban J connectivity index is 1.69. The van der Waals surface area contributed by atoms with Crippen LogP contribution in [0.4, 0.5) is 6.01 Å². The van der Waals surface area contributed by atoms with Gasteiger partial charge in [-0.3, -0.25) is 4.90 Å². The molecule has 1 aromatic rings. The molecule has 6 heteroatoms. The van der Waals surface area contributed by atoms with Gasteiger partial charge in [-0.1, -0.05) is 5.10 Å². The topological polar surface area (TPSA) is 57.4 Å². The first-order chi connectivity index (χ1) is 8.78. The Morgan fingerprint density at radius 1 is 1.33 bits per heavy atom. The third kappa shape index (κ3) is 2.10. The summed E-state index contributed by atoms with van der Waals surface area (Å²) in [5, 5.41) is 11.4. The molecule has 0 spiro atoms. The van der Waals surface area contributed by atoms with E-state index < -0.39 is 0 Å². The molecule has 0 amide bonds. The number of hydrogen-bond donors (Lipinski definition) is 1. The third-order valence-electron chi connectivity index (χ3n) is 4.09. The summed E-state index contributed by atoms with van der Waals surface area (Å²) in [6, 6.07) is 1.47. The van der Waals surface area contributed by atoms with Gasteiger partial charge in [0.05, 0.1) is 6.04 Å². The quantitative estimate of drug-likeness (QED) is 0.850. The highest BCUT2D eigenvalue weighted by Gasteiger charge is 2.32. The summed E-state index contributed by atoms with van der Waals surface area (Å²) in [5.74, 6) is 0.668. The van der Waals surface area contributed by atoms with Crippen molar-refractivity contribution in [3.8, 4) is 0 Å². The van der Waals surface area contributed by atoms with Gasteiger partial charge in [-0.05, 0) is 33.4 Å². The van der Waals surface area contributed by atoms with Gasteiger partial charge in [-0.2, -0.15) is 0 Å². The zero-order chi connectivity index (χ0) is 12.5. The van der Waals surface area contributed by atoms with Gasteiger partial charge in [0, 0.05) is 25.7 Å². The van der Waals surface area contributed by atoms with Gasteiger partial charge < -0.3 is 14.6 Å². The van der Waals surface area contributed by atoms with E-state index in [0.717, 1.165) is 19.6 Å². The summed E-state index contributed by atoms with van der Waals surface area (Å²) in [6.07, 6.45) is 2.62. The van der Waals surface area contributed by atoms with Crippen molar-refractivity contribution in [2.24, 2.45) is 0 Å². The van der Waals surface area contributed by atoms with Crippen LogP contribution in [0.5, 0.6) is 0 Å². The molecule has 2 atom stereocenters. The maximum absolute atomic E-state index is 5.75. The Kier molecular flexibility index (Phi) is 3.22. The number of fused-ring (bicyclic) bond motifs is 1. The fourth-order valence-corrected chi connectivity index (χ4v) is 2.82. The molecule has 1 aromatic heterocycles. The first-order valence-corrected chi connectivity index (χ1v) is 6.77. The first-order valence-electron chi connectivity index (χ1n) is 6.77. The van der Waals surface area contributed by atoms with E-state index in [4.69, 9.17) is 4.42 Å². The molecule has 3 heterocycles. The summed E-state index contributed by atoms with van der Waals surface area (Å²) in [6.45, 7) is 6.40. The van der Waals surface area contributed by atoms with E-state index in [2.05, 4.69) is 25.3 Å². The lowest BCUT2D eigenvalue weighted by molar-refractivity contribution is 0.225. The number of piperazine rings is 1. The summed E-state index contributed by atoms with van der Waals surface area (Å²) < 4.78 is 5.75. The minimum atomic E-state index is 0.110. The van der Waals surface area contributed by atoms with Gasteiger partial charge in [0.15, 0.2) is 0 Å². The van der Waals surface area contributed by atoms with E-state index in [1.165, 1.54) is 19.4 Å². The molecule has 3 rings (SSSR count). The van der Waals surface area contributed by atoms with E-state index in [9.17, 15) is 0 Å². The minimum Gasteiger partial charge on any atom is -0.406 e. The summed E-state index contributed by atoms with van der Waals surface area (Å²) >= 11 is 0. The average Bonchev–Trinajstić information content (AvgIpc) is 3.05. The van der Waals surface area contributed by atoms with Crippen molar-refractivity contribution >= 4 is 6.01 Å². The fourth-order valence-electron chi connectivity index (χ4n) is 2.82. The van der Waals surface area contributed by atoms with E-state index in [1.54, 1.807) is 0 Å². The SMILES string of the molecule is CNC(C)c1nnc(N2CCN3CCCC3C2)o1. The maximum atomic E-state index is 5.75. The van der Waals surface area contributed by atoms with Crippen LogP contribution >= 0.6 is 0 Å². The van der Waals surface area contributed by atoms with E-state index in [1.807, 2.05) is 14.0 Å². The van der Waals surface area contributed by atoms with Crippen LogP contribution < -0.4 is 10.2 Å². The van der Waals surface area contributed by atoms with E-state index in [0.29, 0.717) is 17.9 Å². The second-order valence-electron chi connectivity index (χ2n) is 5.21. The normalized spacial score (nSPS) is 26.3. The molecule has 0 aromatic carbocycles. The largest absolute Gasteiger partial charge is 0.406 e. The van der Waals surface area contributed by atoms with Crippen molar-refractivity contribution in [1.29, 1.82) is 0 Å². The van der Waals surface area contributed by atoms with Crippen molar-refractivity contribution < 1.29 is 4.42 Å². The predicted molar refractivity (Wildman–Crippen MR) is 68.6 cm³/mol. The lowest BCUT2D eigenvalue weighted by Gasteiger charge is -2.36. The highest BCUT2D eigenvalue weighted by Crippen LogP contribution is 2.25. The molecule has 2 aliphatic heterocycles. The third-order valence-corrected chi connectivity index (χ3v) is 4.09. The molecule has 18 heavy (non-hydrogen) atoms. The Hall–Kier alpha value is -1.14. The molecule has 0 saturated carbocycles. The van der Waals surface area contributed by atoms with Gasteiger partial charge in [0.1, 0.15) is 0 Å². The molecule has 2 aliphatic rings. The molecule has 2 fully saturated rings. The van der Waals surface area contributed by atoms with Crippen molar-refractivity contribution in [1.82, 2.24) is 20.4 Å². The minimum absolute atomic E-state index is 0.110. The standard InChI is InChI=1S/C12H21N5O/c1-9(13-2)11-14-15-12(18-11)17-7-6-16-5-3-4-10(16)8-17/h9-10,13H,3-8H2,1-2H3. The van der Waals surface area contributed by atoms with Gasteiger partial charge >= 0.3 is 6.01 Å². The second-order valence-corrected chi connectivity index (χ2v) is 5.21. The van der Waals surface area contributed by atoms with E-state index >= 15 is 0 Å². The molecule has 2 unspecified atom stereocenters. The Bertz CT molecular complexity index is 407. The van der Waals surface area contributed by atoms with Gasteiger partial charge in [0.2, 0.25) is 5.89 Å². The molecule has 0 radical (unpaired) electrons. The van der Waals surface area contributed by atoms with Crippen LogP contribution in [-0.4, -0.2) is 54.4 Å². The molecule has 2 saturated heterocycles. The molecule has 0 aliphatic carbocycles. The van der Waals surface area contributed by atoms with Crippen molar-refractivity contribution in [2.75, 3.05) is 38.1 Å². The number of nitrogens with one attached hydrogen (secondary N) is 1. The van der Waals surface area contributed by atoms with Crippen LogP contribution in [0, 0.1) is 0 Å². The van der Waals surface area contributed by atoms with Crippen LogP contribution in [0.3, 0.4) is 0 Å². The van der Waals surface area contributed by atoms with Crippen molar-refractivity contribution in [3.63, 3.8) is 0 Å². The van der Waals surface area contributed by atoms with Crippen molar-refractivity contribution in [3.05, 3.63) is 5.89 Å². The number of anilines is 1. The smallest absolute Gasteiger partial charge is 0.318 e. The number of hydrogen-bond acceptors (Lipinski definition) is 6. The zero-order valence-corrected chi connectivity index (χ0v) is 11.1. The van der Waals surface area contributed by atoms with Gasteiger partial charge in [-0.15, -0.1) is 5.10 Å². The predicted octanol–water partition coefficient (Wildman–Crippen LogP) is 0.634. The van der Waals surface area contributed by atoms with Crippen molar-refractivity contribution in [2.45, 2.75) is 31.8 Å². The van der Waals surface area contributed by atoms with E-state index in [-0.39, 0.29) is 6.04 Å². The Morgan fingerprint density at radius 2 is 2.22 bits per heavy atom.